The number of hydrogen-bond acceptors (Lipinski definition) is 3. The summed E-state index contributed by atoms with van der Waals surface area (Å²) in [5, 5.41) is 11.5. The number of amides is 1. The van der Waals surface area contributed by atoms with Gasteiger partial charge >= 0.3 is 0 Å². The second-order valence-electron chi connectivity index (χ2n) is 1.17. The number of carboxylic acid groups (broad SMARTS) is 1. The lowest BCUT2D eigenvalue weighted by Gasteiger charge is -2.00. The van der Waals surface area contributed by atoms with Crippen LogP contribution in [0.15, 0.2) is 0 Å². The van der Waals surface area contributed by atoms with Crippen LogP contribution in [0.2, 0.25) is 0 Å². The Balaban J connectivity index is 2.93. The molecule has 1 amide bonds. The van der Waals surface area contributed by atoms with Crippen molar-refractivity contribution in [3.63, 3.8) is 0 Å². The molecule has 4 heteroatoms. The van der Waals surface area contributed by atoms with Gasteiger partial charge in [0.2, 0.25) is 0 Å². The van der Waals surface area contributed by atoms with E-state index in [1.807, 2.05) is 5.32 Å². The summed E-state index contributed by atoms with van der Waals surface area (Å²) in [5.74, 6) is 0. The minimum atomic E-state index is -1.34. The van der Waals surface area contributed by atoms with E-state index in [9.17, 15) is 14.7 Å². The van der Waals surface area contributed by atoms with Gasteiger partial charge in [-0.3, -0.25) is 0 Å². The summed E-state index contributed by atoms with van der Waals surface area (Å²) in [6.45, 7) is 0.145. The van der Waals surface area contributed by atoms with Crippen LogP contribution in [0.5, 0.6) is 0 Å². The number of nitrogens with one attached hydrogen (secondary N) is 1. The van der Waals surface area contributed by atoms with Gasteiger partial charge in [0.1, 0.15) is 12.4 Å². The highest BCUT2D eigenvalue weighted by atomic mass is 16.4. The van der Waals surface area contributed by atoms with E-state index < -0.39 is 6.09 Å². The lowest BCUT2D eigenvalue weighted by atomic mass is 10.5. The first-order chi connectivity index (χ1) is 3.77. The van der Waals surface area contributed by atoms with Crippen LogP contribution in [0.25, 0.3) is 0 Å². The van der Waals surface area contributed by atoms with Gasteiger partial charge in [0.15, 0.2) is 0 Å². The highest BCUT2D eigenvalue weighted by molar-refractivity contribution is 5.62. The standard InChI is InChI=1S/C4H7NO3/c6-3-1-2-5-4(7)8/h3,5H,1-2H2,(H,7,8)/p-1. The van der Waals surface area contributed by atoms with Crippen molar-refractivity contribution in [1.29, 1.82) is 0 Å². The average molecular weight is 116 g/mol. The third kappa shape index (κ3) is 4.94. The Morgan fingerprint density at radius 3 is 2.75 bits per heavy atom. The van der Waals surface area contributed by atoms with E-state index in [0.29, 0.717) is 6.29 Å². The summed E-state index contributed by atoms with van der Waals surface area (Å²) in [5.41, 5.74) is 0. The highest BCUT2D eigenvalue weighted by Crippen LogP contribution is 1.63. The van der Waals surface area contributed by atoms with Crippen LogP contribution in [0.4, 0.5) is 4.79 Å². The largest absolute Gasteiger partial charge is 0.530 e. The first-order valence-electron chi connectivity index (χ1n) is 2.16. The minimum Gasteiger partial charge on any atom is -0.530 e. The molecule has 0 aliphatic carbocycles. The molecule has 0 saturated carbocycles. The highest BCUT2D eigenvalue weighted by Gasteiger charge is 1.80. The summed E-state index contributed by atoms with van der Waals surface area (Å²) < 4.78 is 0. The van der Waals surface area contributed by atoms with Crippen LogP contribution in [0, 0.1) is 0 Å². The van der Waals surface area contributed by atoms with Crippen LogP contribution >= 0.6 is 0 Å². The first-order valence-corrected chi connectivity index (χ1v) is 2.16. The van der Waals surface area contributed by atoms with E-state index in [-0.39, 0.29) is 13.0 Å². The summed E-state index contributed by atoms with van der Waals surface area (Å²) >= 11 is 0. The third-order valence-corrected chi connectivity index (χ3v) is 0.532. The van der Waals surface area contributed by atoms with Crippen molar-refractivity contribution in [2.45, 2.75) is 6.42 Å². The van der Waals surface area contributed by atoms with Crippen LogP contribution < -0.4 is 10.4 Å². The number of hydrogen-bond donors (Lipinski definition) is 1. The van der Waals surface area contributed by atoms with Crippen LogP contribution in [0.1, 0.15) is 6.42 Å². The summed E-state index contributed by atoms with van der Waals surface area (Å²) in [4.78, 5) is 19.1. The minimum absolute atomic E-state index is 0.145. The van der Waals surface area contributed by atoms with Gasteiger partial charge in [0.25, 0.3) is 0 Å². The molecule has 0 aliphatic rings. The number of carbonyl (C=O) groups is 2. The molecule has 0 fully saturated rings. The average Bonchev–Trinajstić information content (AvgIpc) is 1.66. The summed E-state index contributed by atoms with van der Waals surface area (Å²) in [7, 11) is 0. The van der Waals surface area contributed by atoms with E-state index in [2.05, 4.69) is 0 Å². The molecule has 0 bridgehead atoms. The normalized spacial score (nSPS) is 8.00. The molecule has 8 heavy (non-hydrogen) atoms. The number of rotatable bonds is 3. The van der Waals surface area contributed by atoms with E-state index in [0.717, 1.165) is 0 Å². The fourth-order valence-corrected chi connectivity index (χ4v) is 0.233. The molecule has 0 aromatic rings. The lowest BCUT2D eigenvalue weighted by Crippen LogP contribution is -2.36. The van der Waals surface area contributed by atoms with Crippen LogP contribution in [-0.2, 0) is 4.79 Å². The molecule has 0 unspecified atom stereocenters. The second-order valence-corrected chi connectivity index (χ2v) is 1.17. The van der Waals surface area contributed by atoms with Crippen molar-refractivity contribution in [3.8, 4) is 0 Å². The van der Waals surface area contributed by atoms with Crippen molar-refractivity contribution in [2.24, 2.45) is 0 Å². The molecule has 46 valence electrons. The van der Waals surface area contributed by atoms with Gasteiger partial charge < -0.3 is 20.0 Å². The molecule has 0 aromatic heterocycles. The Labute approximate surface area is 46.5 Å². The third-order valence-electron chi connectivity index (χ3n) is 0.532. The van der Waals surface area contributed by atoms with E-state index in [1.165, 1.54) is 0 Å². The van der Waals surface area contributed by atoms with E-state index >= 15 is 0 Å². The zero-order valence-corrected chi connectivity index (χ0v) is 4.22. The van der Waals surface area contributed by atoms with Crippen molar-refractivity contribution < 1.29 is 14.7 Å². The molecular formula is C4H6NO3-. The van der Waals surface area contributed by atoms with Crippen molar-refractivity contribution in [1.82, 2.24) is 5.32 Å². The van der Waals surface area contributed by atoms with Gasteiger partial charge in [0.05, 0.1) is 0 Å². The predicted octanol–water partition coefficient (Wildman–Crippen LogP) is -1.49. The summed E-state index contributed by atoms with van der Waals surface area (Å²) in [6, 6.07) is 0. The molecule has 0 aromatic carbocycles. The Bertz CT molecular complexity index is 91.3. The zero-order valence-electron chi connectivity index (χ0n) is 4.22. The van der Waals surface area contributed by atoms with Gasteiger partial charge in [0, 0.05) is 13.0 Å². The maximum absolute atomic E-state index is 9.54. The molecule has 0 rings (SSSR count). The molecule has 0 radical (unpaired) electrons. The van der Waals surface area contributed by atoms with Gasteiger partial charge in [-0.2, -0.15) is 0 Å². The molecule has 0 heterocycles. The van der Waals surface area contributed by atoms with Crippen LogP contribution in [0.3, 0.4) is 0 Å². The molecule has 0 spiro atoms. The van der Waals surface area contributed by atoms with Crippen molar-refractivity contribution in [2.75, 3.05) is 6.54 Å². The topological polar surface area (TPSA) is 69.2 Å². The van der Waals surface area contributed by atoms with Gasteiger partial charge in [-0.15, -0.1) is 0 Å². The Kier molecular flexibility index (Phi) is 3.56. The molecular weight excluding hydrogens is 110 g/mol. The predicted molar refractivity (Wildman–Crippen MR) is 24.1 cm³/mol. The molecule has 4 nitrogen and oxygen atoms in total. The van der Waals surface area contributed by atoms with Crippen molar-refractivity contribution >= 4 is 12.4 Å². The fourth-order valence-electron chi connectivity index (χ4n) is 0.233. The second kappa shape index (κ2) is 4.11. The van der Waals surface area contributed by atoms with Crippen LogP contribution in [-0.4, -0.2) is 18.9 Å². The quantitative estimate of drug-likeness (QED) is 0.360. The maximum Gasteiger partial charge on any atom is 0.134 e. The Hall–Kier alpha value is -1.06. The molecule has 0 saturated heterocycles. The van der Waals surface area contributed by atoms with Gasteiger partial charge in [-0.1, -0.05) is 0 Å². The zero-order chi connectivity index (χ0) is 6.41. The first kappa shape index (κ1) is 6.94. The Morgan fingerprint density at radius 1 is 1.75 bits per heavy atom. The van der Waals surface area contributed by atoms with E-state index in [1.54, 1.807) is 0 Å². The number of carbonyl (C=O) groups excluding carboxylic acids is 2. The van der Waals surface area contributed by atoms with Gasteiger partial charge in [-0.25, -0.2) is 0 Å². The monoisotopic (exact) mass is 116 g/mol. The molecule has 0 atom stereocenters. The van der Waals surface area contributed by atoms with E-state index in [4.69, 9.17) is 0 Å². The van der Waals surface area contributed by atoms with Crippen molar-refractivity contribution in [3.05, 3.63) is 0 Å². The molecule has 1 N–H and O–H groups in total. The Morgan fingerprint density at radius 2 is 2.38 bits per heavy atom. The lowest BCUT2D eigenvalue weighted by molar-refractivity contribution is -0.250. The molecule has 0 aliphatic heterocycles. The number of aldehydes is 1. The fraction of sp³-hybridized carbons (Fsp3) is 0.500. The SMILES string of the molecule is O=CCCNC(=O)[O-]. The van der Waals surface area contributed by atoms with Gasteiger partial charge in [-0.05, 0) is 0 Å². The summed E-state index contributed by atoms with van der Waals surface area (Å²) in [6.07, 6.45) is -0.504. The smallest absolute Gasteiger partial charge is 0.134 e. The maximum atomic E-state index is 9.54.